The third-order valence-electron chi connectivity index (χ3n) is 1.71. The molecule has 61 valence electrons. The summed E-state index contributed by atoms with van der Waals surface area (Å²) in [7, 11) is 0. The first kappa shape index (κ1) is 8.27. The highest BCUT2D eigenvalue weighted by molar-refractivity contribution is 5.41. The summed E-state index contributed by atoms with van der Waals surface area (Å²) in [5, 5.41) is 0. The maximum atomic E-state index is 9.79. The number of ether oxygens (including phenoxy) is 2. The molecule has 0 N–H and O–H groups in total. The Morgan fingerprint density at radius 3 is 3.00 bits per heavy atom. The van der Waals surface area contributed by atoms with E-state index in [-0.39, 0.29) is 6.10 Å². The summed E-state index contributed by atoms with van der Waals surface area (Å²) in [5.41, 5.74) is 0. The maximum Gasteiger partial charge on any atom is 0.423 e. The summed E-state index contributed by atoms with van der Waals surface area (Å²) in [4.78, 5) is 9.79. The van der Waals surface area contributed by atoms with Gasteiger partial charge in [0, 0.05) is 6.61 Å². The zero-order valence-electron chi connectivity index (χ0n) is 6.34. The van der Waals surface area contributed by atoms with Crippen molar-refractivity contribution in [1.29, 1.82) is 0 Å². The lowest BCUT2D eigenvalue weighted by Gasteiger charge is -2.22. The average molecular weight is 155 g/mol. The van der Waals surface area contributed by atoms with Crippen LogP contribution >= 0.6 is 0 Å². The molecule has 3 heteroatoms. The molecule has 0 saturated carbocycles. The molecule has 1 saturated heterocycles. The maximum absolute atomic E-state index is 9.79. The minimum atomic E-state index is -0.106. The number of carbonyl (C=O) groups excluding carboxylic acids is 1. The van der Waals surface area contributed by atoms with Crippen LogP contribution in [0.4, 0.5) is 0 Å². The highest BCUT2D eigenvalue weighted by Crippen LogP contribution is 2.18. The van der Waals surface area contributed by atoms with Crippen molar-refractivity contribution >= 4 is 6.47 Å². The standard InChI is InChI=1S/C8H11O3/c1-7(11-6-9)8-4-2-3-5-10-8/h8H,1-5H2. The van der Waals surface area contributed by atoms with Gasteiger partial charge in [-0.2, -0.15) is 0 Å². The van der Waals surface area contributed by atoms with Gasteiger partial charge in [0.05, 0.1) is 0 Å². The van der Waals surface area contributed by atoms with Gasteiger partial charge >= 0.3 is 6.47 Å². The molecule has 1 radical (unpaired) electrons. The van der Waals surface area contributed by atoms with Crippen LogP contribution in [0.2, 0.25) is 0 Å². The Bertz CT molecular complexity index is 147. The molecular weight excluding hydrogens is 144 g/mol. The van der Waals surface area contributed by atoms with Gasteiger partial charge in [-0.1, -0.05) is 6.58 Å². The summed E-state index contributed by atoms with van der Waals surface area (Å²) >= 11 is 0. The highest BCUT2D eigenvalue weighted by Gasteiger charge is 2.17. The molecule has 1 heterocycles. The lowest BCUT2D eigenvalue weighted by Crippen LogP contribution is -2.21. The number of hydrogen-bond donors (Lipinski definition) is 0. The molecule has 1 unspecified atom stereocenters. The third-order valence-corrected chi connectivity index (χ3v) is 1.71. The Kier molecular flexibility index (Phi) is 3.11. The van der Waals surface area contributed by atoms with Crippen molar-refractivity contribution in [1.82, 2.24) is 0 Å². The molecule has 0 aromatic carbocycles. The third kappa shape index (κ3) is 2.35. The van der Waals surface area contributed by atoms with E-state index in [0.29, 0.717) is 5.76 Å². The highest BCUT2D eigenvalue weighted by atomic mass is 16.6. The van der Waals surface area contributed by atoms with Crippen molar-refractivity contribution in [3.63, 3.8) is 0 Å². The SMILES string of the molecule is C=C(O[C]=O)C1CCCCO1. The van der Waals surface area contributed by atoms with Gasteiger partial charge in [0.2, 0.25) is 0 Å². The van der Waals surface area contributed by atoms with Crippen LogP contribution in [-0.2, 0) is 14.3 Å². The van der Waals surface area contributed by atoms with Crippen LogP contribution in [-0.4, -0.2) is 19.2 Å². The van der Waals surface area contributed by atoms with Gasteiger partial charge in [-0.25, -0.2) is 4.79 Å². The molecule has 0 spiro atoms. The normalized spacial score (nSPS) is 24.2. The van der Waals surface area contributed by atoms with Gasteiger partial charge in [-0.05, 0) is 19.3 Å². The Labute approximate surface area is 66.0 Å². The lowest BCUT2D eigenvalue weighted by molar-refractivity contribution is 0.0170. The summed E-state index contributed by atoms with van der Waals surface area (Å²) in [6.45, 7) is 5.62. The minimum Gasteiger partial charge on any atom is -0.420 e. The van der Waals surface area contributed by atoms with E-state index in [1.54, 1.807) is 0 Å². The molecule has 1 aliphatic rings. The van der Waals surface area contributed by atoms with E-state index in [4.69, 9.17) is 4.74 Å². The zero-order chi connectivity index (χ0) is 8.10. The molecular formula is C8H11O3. The fraction of sp³-hybridized carbons (Fsp3) is 0.625. The van der Waals surface area contributed by atoms with Gasteiger partial charge in [0.15, 0.2) is 0 Å². The second-order valence-corrected chi connectivity index (χ2v) is 2.51. The summed E-state index contributed by atoms with van der Waals surface area (Å²) in [6.07, 6.45) is 2.96. The van der Waals surface area contributed by atoms with Crippen molar-refractivity contribution in [2.45, 2.75) is 25.4 Å². The van der Waals surface area contributed by atoms with Crippen LogP contribution in [0.1, 0.15) is 19.3 Å². The molecule has 3 nitrogen and oxygen atoms in total. The van der Waals surface area contributed by atoms with Gasteiger partial charge < -0.3 is 9.47 Å². The number of rotatable bonds is 3. The summed E-state index contributed by atoms with van der Waals surface area (Å²) < 4.78 is 9.75. The van der Waals surface area contributed by atoms with E-state index in [0.717, 1.165) is 25.9 Å². The topological polar surface area (TPSA) is 35.5 Å². The zero-order valence-corrected chi connectivity index (χ0v) is 6.34. The second-order valence-electron chi connectivity index (χ2n) is 2.51. The molecule has 0 aliphatic carbocycles. The lowest BCUT2D eigenvalue weighted by atomic mass is 10.1. The molecule has 0 aromatic heterocycles. The van der Waals surface area contributed by atoms with Crippen LogP contribution in [0.3, 0.4) is 0 Å². The molecule has 1 aliphatic heterocycles. The Balaban J connectivity index is 2.32. The smallest absolute Gasteiger partial charge is 0.420 e. The molecule has 1 rings (SSSR count). The molecule has 0 aromatic rings. The van der Waals surface area contributed by atoms with Crippen molar-refractivity contribution in [3.05, 3.63) is 12.3 Å². The Hall–Kier alpha value is -0.830. The first-order valence-electron chi connectivity index (χ1n) is 3.69. The van der Waals surface area contributed by atoms with E-state index in [9.17, 15) is 4.79 Å². The van der Waals surface area contributed by atoms with Crippen LogP contribution < -0.4 is 0 Å². The average Bonchev–Trinajstić information content (AvgIpc) is 2.07. The van der Waals surface area contributed by atoms with E-state index >= 15 is 0 Å². The Morgan fingerprint density at radius 2 is 2.45 bits per heavy atom. The molecule has 0 amide bonds. The van der Waals surface area contributed by atoms with Crippen LogP contribution in [0.25, 0.3) is 0 Å². The van der Waals surface area contributed by atoms with Crippen LogP contribution in [0, 0.1) is 0 Å². The van der Waals surface area contributed by atoms with Gasteiger partial charge in [-0.15, -0.1) is 0 Å². The van der Waals surface area contributed by atoms with E-state index in [1.807, 2.05) is 0 Å². The molecule has 0 bridgehead atoms. The summed E-state index contributed by atoms with van der Waals surface area (Å²) in [6, 6.07) is 0. The minimum absolute atomic E-state index is 0.106. The predicted octanol–water partition coefficient (Wildman–Crippen LogP) is 1.15. The summed E-state index contributed by atoms with van der Waals surface area (Å²) in [5.74, 6) is 0.375. The number of hydrogen-bond acceptors (Lipinski definition) is 3. The van der Waals surface area contributed by atoms with Gasteiger partial charge in [0.1, 0.15) is 11.9 Å². The van der Waals surface area contributed by atoms with Gasteiger partial charge in [-0.3, -0.25) is 0 Å². The van der Waals surface area contributed by atoms with E-state index < -0.39 is 0 Å². The van der Waals surface area contributed by atoms with Crippen molar-refractivity contribution in [2.75, 3.05) is 6.61 Å². The second kappa shape index (κ2) is 4.13. The van der Waals surface area contributed by atoms with Crippen molar-refractivity contribution < 1.29 is 14.3 Å². The predicted molar refractivity (Wildman–Crippen MR) is 39.5 cm³/mol. The monoisotopic (exact) mass is 155 g/mol. The quantitative estimate of drug-likeness (QED) is 0.573. The molecule has 11 heavy (non-hydrogen) atoms. The van der Waals surface area contributed by atoms with E-state index in [1.165, 1.54) is 6.47 Å². The molecule has 1 fully saturated rings. The fourth-order valence-electron chi connectivity index (χ4n) is 1.11. The first-order valence-corrected chi connectivity index (χ1v) is 3.69. The van der Waals surface area contributed by atoms with Crippen LogP contribution in [0.5, 0.6) is 0 Å². The Morgan fingerprint density at radius 1 is 1.64 bits per heavy atom. The van der Waals surface area contributed by atoms with Gasteiger partial charge in [0.25, 0.3) is 0 Å². The largest absolute Gasteiger partial charge is 0.423 e. The first-order chi connectivity index (χ1) is 5.34. The molecule has 1 atom stereocenters. The van der Waals surface area contributed by atoms with Crippen molar-refractivity contribution in [3.8, 4) is 0 Å². The fourth-order valence-corrected chi connectivity index (χ4v) is 1.11. The van der Waals surface area contributed by atoms with Crippen molar-refractivity contribution in [2.24, 2.45) is 0 Å². The van der Waals surface area contributed by atoms with E-state index in [2.05, 4.69) is 11.3 Å². The van der Waals surface area contributed by atoms with Crippen LogP contribution in [0.15, 0.2) is 12.3 Å².